The van der Waals surface area contributed by atoms with Crippen molar-refractivity contribution in [3.63, 3.8) is 0 Å². The Morgan fingerprint density at radius 1 is 1.22 bits per heavy atom. The summed E-state index contributed by atoms with van der Waals surface area (Å²) in [5.41, 5.74) is 2.32. The Bertz CT molecular complexity index is 617. The van der Waals surface area contributed by atoms with Gasteiger partial charge in [-0.25, -0.2) is 0 Å². The molecular formula is C20H31ClN4O2. The molecule has 150 valence electrons. The largest absolute Gasteiger partial charge is 0.356 e. The van der Waals surface area contributed by atoms with Crippen LogP contribution in [-0.2, 0) is 16.1 Å². The highest BCUT2D eigenvalue weighted by atomic mass is 35.5. The molecule has 1 unspecified atom stereocenters. The van der Waals surface area contributed by atoms with E-state index in [1.165, 1.54) is 5.56 Å². The van der Waals surface area contributed by atoms with E-state index in [0.29, 0.717) is 26.1 Å². The van der Waals surface area contributed by atoms with Crippen LogP contribution < -0.4 is 10.6 Å². The van der Waals surface area contributed by atoms with Crippen LogP contribution in [0, 0.1) is 12.8 Å². The predicted molar refractivity (Wildman–Crippen MR) is 109 cm³/mol. The number of halogens is 1. The topological polar surface area (TPSA) is 64.7 Å². The molecule has 0 radical (unpaired) electrons. The number of rotatable bonds is 7. The number of amides is 2. The third-order valence-electron chi connectivity index (χ3n) is 5.24. The molecule has 0 spiro atoms. The van der Waals surface area contributed by atoms with Crippen molar-refractivity contribution in [1.29, 1.82) is 0 Å². The summed E-state index contributed by atoms with van der Waals surface area (Å²) in [6, 6.07) is 8.20. The van der Waals surface area contributed by atoms with Gasteiger partial charge in [-0.3, -0.25) is 9.59 Å². The average Bonchev–Trinajstić information content (AvgIpc) is 3.02. The molecule has 0 aliphatic carbocycles. The van der Waals surface area contributed by atoms with Gasteiger partial charge in [-0.15, -0.1) is 12.4 Å². The fourth-order valence-corrected chi connectivity index (χ4v) is 3.61. The van der Waals surface area contributed by atoms with Gasteiger partial charge in [-0.1, -0.05) is 29.8 Å². The quantitative estimate of drug-likeness (QED) is 0.681. The van der Waals surface area contributed by atoms with Crippen molar-refractivity contribution >= 4 is 24.2 Å². The SMILES string of the molecule is Cc1ccc(CN2CC(C(=O)NCCCN3CCNCC3)CC2=O)cc1.Cl. The highest BCUT2D eigenvalue weighted by Crippen LogP contribution is 2.20. The highest BCUT2D eigenvalue weighted by molar-refractivity contribution is 5.89. The summed E-state index contributed by atoms with van der Waals surface area (Å²) in [6.45, 7) is 9.13. The Morgan fingerprint density at radius 3 is 2.63 bits per heavy atom. The number of piperazine rings is 1. The average molecular weight is 395 g/mol. The van der Waals surface area contributed by atoms with Crippen molar-refractivity contribution in [2.45, 2.75) is 26.3 Å². The van der Waals surface area contributed by atoms with Crippen LogP contribution in [0.2, 0.25) is 0 Å². The normalized spacial score (nSPS) is 20.4. The molecule has 27 heavy (non-hydrogen) atoms. The number of nitrogens with one attached hydrogen (secondary N) is 2. The fraction of sp³-hybridized carbons (Fsp3) is 0.600. The molecule has 2 heterocycles. The zero-order valence-corrected chi connectivity index (χ0v) is 16.9. The van der Waals surface area contributed by atoms with Gasteiger partial charge in [0, 0.05) is 52.2 Å². The van der Waals surface area contributed by atoms with E-state index in [1.807, 2.05) is 19.1 Å². The molecule has 2 aliphatic rings. The Labute approximate surface area is 168 Å². The summed E-state index contributed by atoms with van der Waals surface area (Å²) in [5, 5.41) is 6.36. The first-order valence-corrected chi connectivity index (χ1v) is 9.66. The van der Waals surface area contributed by atoms with Crippen LogP contribution in [0.3, 0.4) is 0 Å². The van der Waals surface area contributed by atoms with E-state index in [1.54, 1.807) is 4.90 Å². The Morgan fingerprint density at radius 2 is 1.93 bits per heavy atom. The van der Waals surface area contributed by atoms with Crippen LogP contribution in [0.25, 0.3) is 0 Å². The number of carbonyl (C=O) groups is 2. The number of carbonyl (C=O) groups excluding carboxylic acids is 2. The van der Waals surface area contributed by atoms with Crippen LogP contribution >= 0.6 is 12.4 Å². The highest BCUT2D eigenvalue weighted by Gasteiger charge is 2.33. The molecule has 2 amide bonds. The number of aryl methyl sites for hydroxylation is 1. The summed E-state index contributed by atoms with van der Waals surface area (Å²) in [5.74, 6) is -0.122. The summed E-state index contributed by atoms with van der Waals surface area (Å²) >= 11 is 0. The first kappa shape index (κ1) is 21.7. The van der Waals surface area contributed by atoms with Crippen molar-refractivity contribution in [3.05, 3.63) is 35.4 Å². The molecule has 2 saturated heterocycles. The van der Waals surface area contributed by atoms with Crippen LogP contribution in [-0.4, -0.2) is 67.4 Å². The van der Waals surface area contributed by atoms with Crippen LogP contribution in [0.1, 0.15) is 24.0 Å². The molecule has 2 aliphatic heterocycles. The molecule has 1 aromatic carbocycles. The second-order valence-electron chi connectivity index (χ2n) is 7.40. The monoisotopic (exact) mass is 394 g/mol. The lowest BCUT2D eigenvalue weighted by Gasteiger charge is -2.27. The molecule has 1 aromatic rings. The van der Waals surface area contributed by atoms with Gasteiger partial charge < -0.3 is 20.4 Å². The first-order chi connectivity index (χ1) is 12.6. The number of likely N-dealkylation sites (tertiary alicyclic amines) is 1. The second kappa shape index (κ2) is 10.6. The van der Waals surface area contributed by atoms with Crippen LogP contribution in [0.15, 0.2) is 24.3 Å². The maximum absolute atomic E-state index is 12.4. The maximum Gasteiger partial charge on any atom is 0.225 e. The zero-order valence-electron chi connectivity index (χ0n) is 16.1. The maximum atomic E-state index is 12.4. The molecule has 0 saturated carbocycles. The Kier molecular flexibility index (Phi) is 8.54. The molecule has 1 atom stereocenters. The van der Waals surface area contributed by atoms with Crippen molar-refractivity contribution in [1.82, 2.24) is 20.4 Å². The van der Waals surface area contributed by atoms with Crippen LogP contribution in [0.4, 0.5) is 0 Å². The van der Waals surface area contributed by atoms with Gasteiger partial charge in [0.05, 0.1) is 5.92 Å². The molecule has 7 heteroatoms. The fourth-order valence-electron chi connectivity index (χ4n) is 3.61. The second-order valence-corrected chi connectivity index (χ2v) is 7.40. The van der Waals surface area contributed by atoms with Gasteiger partial charge in [-0.2, -0.15) is 0 Å². The molecule has 0 bridgehead atoms. The Balaban J connectivity index is 0.00000261. The number of benzene rings is 1. The third kappa shape index (κ3) is 6.48. The molecular weight excluding hydrogens is 364 g/mol. The van der Waals surface area contributed by atoms with Gasteiger partial charge >= 0.3 is 0 Å². The summed E-state index contributed by atoms with van der Waals surface area (Å²) in [7, 11) is 0. The lowest BCUT2D eigenvalue weighted by molar-refractivity contribution is -0.129. The van der Waals surface area contributed by atoms with Gasteiger partial charge in [0.1, 0.15) is 0 Å². The lowest BCUT2D eigenvalue weighted by Crippen LogP contribution is -2.44. The minimum atomic E-state index is -0.216. The van der Waals surface area contributed by atoms with E-state index < -0.39 is 0 Å². The predicted octanol–water partition coefficient (Wildman–Crippen LogP) is 1.18. The summed E-state index contributed by atoms with van der Waals surface area (Å²) in [6.07, 6.45) is 1.29. The minimum absolute atomic E-state index is 0. The van der Waals surface area contributed by atoms with Gasteiger partial charge in [0.25, 0.3) is 0 Å². The molecule has 2 fully saturated rings. The van der Waals surface area contributed by atoms with E-state index in [0.717, 1.165) is 44.7 Å². The van der Waals surface area contributed by atoms with E-state index in [9.17, 15) is 9.59 Å². The third-order valence-corrected chi connectivity index (χ3v) is 5.24. The van der Waals surface area contributed by atoms with Crippen molar-refractivity contribution in [3.8, 4) is 0 Å². The lowest BCUT2D eigenvalue weighted by atomic mass is 10.1. The van der Waals surface area contributed by atoms with Gasteiger partial charge in [0.15, 0.2) is 0 Å². The van der Waals surface area contributed by atoms with E-state index >= 15 is 0 Å². The number of hydrogen-bond acceptors (Lipinski definition) is 4. The molecule has 3 rings (SSSR count). The van der Waals surface area contributed by atoms with Crippen molar-refractivity contribution < 1.29 is 9.59 Å². The molecule has 2 N–H and O–H groups in total. The smallest absolute Gasteiger partial charge is 0.225 e. The first-order valence-electron chi connectivity index (χ1n) is 9.66. The van der Waals surface area contributed by atoms with Gasteiger partial charge in [-0.05, 0) is 25.5 Å². The van der Waals surface area contributed by atoms with Crippen molar-refractivity contribution in [2.75, 3.05) is 45.8 Å². The van der Waals surface area contributed by atoms with E-state index in [2.05, 4.69) is 27.7 Å². The summed E-state index contributed by atoms with van der Waals surface area (Å²) in [4.78, 5) is 28.8. The number of hydrogen-bond donors (Lipinski definition) is 2. The molecule has 0 aromatic heterocycles. The zero-order chi connectivity index (χ0) is 18.4. The van der Waals surface area contributed by atoms with Gasteiger partial charge in [0.2, 0.25) is 11.8 Å². The minimum Gasteiger partial charge on any atom is -0.356 e. The standard InChI is InChI=1S/C20H30N4O2.ClH/c1-16-3-5-17(6-4-16)14-24-15-18(13-19(24)25)20(26)22-7-2-10-23-11-8-21-9-12-23;/h3-6,18,21H,2,7-15H2,1H3,(H,22,26);1H. The molecule has 6 nitrogen and oxygen atoms in total. The van der Waals surface area contributed by atoms with Crippen LogP contribution in [0.5, 0.6) is 0 Å². The summed E-state index contributed by atoms with van der Waals surface area (Å²) < 4.78 is 0. The van der Waals surface area contributed by atoms with Crippen molar-refractivity contribution in [2.24, 2.45) is 5.92 Å². The van der Waals surface area contributed by atoms with E-state index in [4.69, 9.17) is 0 Å². The van der Waals surface area contributed by atoms with E-state index in [-0.39, 0.29) is 30.1 Å². The number of nitrogens with zero attached hydrogens (tertiary/aromatic N) is 2. The Hall–Kier alpha value is -1.63.